The third-order valence-electron chi connectivity index (χ3n) is 6.48. The standard InChI is InChI=1S/C29H20BrNO2S/c30-21-16-14-19(15-17-21)26(32)29-23-13-7-12-22-24(18-8-3-1-4-9-18)27(33)25(31(22)23)28(34-29)20-10-5-2-6-11-20/h1-12,14-17,23,29H,13H2/t23-,29+/m0/s1. The van der Waals surface area contributed by atoms with Crippen molar-refractivity contribution in [1.29, 1.82) is 0 Å². The lowest BCUT2D eigenvalue weighted by Gasteiger charge is -2.42. The van der Waals surface area contributed by atoms with Crippen LogP contribution in [0.25, 0.3) is 10.5 Å². The Morgan fingerprint density at radius 2 is 1.53 bits per heavy atom. The monoisotopic (exact) mass is 525 g/mol. The van der Waals surface area contributed by atoms with Crippen molar-refractivity contribution in [1.82, 2.24) is 4.90 Å². The average molecular weight is 526 g/mol. The maximum atomic E-state index is 14.0. The first kappa shape index (κ1) is 21.4. The van der Waals surface area contributed by atoms with Gasteiger partial charge in [-0.1, -0.05) is 94.8 Å². The lowest BCUT2D eigenvalue weighted by atomic mass is 9.95. The number of thioether (sulfide) groups is 1. The fourth-order valence-electron chi connectivity index (χ4n) is 4.94. The molecule has 3 aliphatic rings. The van der Waals surface area contributed by atoms with E-state index in [-0.39, 0.29) is 22.9 Å². The summed E-state index contributed by atoms with van der Waals surface area (Å²) in [6.07, 6.45) is 4.86. The Hall–Kier alpha value is -3.15. The first-order chi connectivity index (χ1) is 16.6. The summed E-state index contributed by atoms with van der Waals surface area (Å²) in [5, 5.41) is -0.331. The predicted molar refractivity (Wildman–Crippen MR) is 141 cm³/mol. The Labute approximate surface area is 211 Å². The van der Waals surface area contributed by atoms with E-state index in [4.69, 9.17) is 0 Å². The van der Waals surface area contributed by atoms with E-state index in [0.29, 0.717) is 23.3 Å². The van der Waals surface area contributed by atoms with Gasteiger partial charge in [0.15, 0.2) is 5.78 Å². The highest BCUT2D eigenvalue weighted by molar-refractivity contribution is 9.10. The summed E-state index contributed by atoms with van der Waals surface area (Å²) in [7, 11) is 0. The fraction of sp³-hybridized carbons (Fsp3) is 0.103. The highest BCUT2D eigenvalue weighted by Crippen LogP contribution is 2.52. The third kappa shape index (κ3) is 3.42. The van der Waals surface area contributed by atoms with Crippen molar-refractivity contribution < 1.29 is 9.59 Å². The summed E-state index contributed by atoms with van der Waals surface area (Å²) in [4.78, 5) is 30.8. The first-order valence-electron chi connectivity index (χ1n) is 11.2. The largest absolute Gasteiger partial charge is 0.332 e. The van der Waals surface area contributed by atoms with Gasteiger partial charge < -0.3 is 4.90 Å². The van der Waals surface area contributed by atoms with E-state index in [1.807, 2.05) is 91.0 Å². The van der Waals surface area contributed by atoms with E-state index in [1.165, 1.54) is 11.8 Å². The quantitative estimate of drug-likeness (QED) is 0.353. The molecule has 6 rings (SSSR count). The van der Waals surface area contributed by atoms with Crippen LogP contribution < -0.4 is 0 Å². The van der Waals surface area contributed by atoms with Crippen LogP contribution in [-0.2, 0) is 4.79 Å². The van der Waals surface area contributed by atoms with Gasteiger partial charge in [0.2, 0.25) is 5.78 Å². The van der Waals surface area contributed by atoms with Gasteiger partial charge in [0.25, 0.3) is 0 Å². The molecular formula is C29H20BrNO2S. The van der Waals surface area contributed by atoms with Gasteiger partial charge in [0.05, 0.1) is 22.6 Å². The van der Waals surface area contributed by atoms with Crippen LogP contribution in [0, 0.1) is 0 Å². The van der Waals surface area contributed by atoms with Gasteiger partial charge in [-0.2, -0.15) is 0 Å². The summed E-state index contributed by atoms with van der Waals surface area (Å²) >= 11 is 4.99. The number of halogens is 1. The fourth-order valence-corrected chi connectivity index (χ4v) is 6.66. The zero-order valence-corrected chi connectivity index (χ0v) is 20.6. The number of allylic oxidation sites excluding steroid dienone is 2. The maximum Gasteiger partial charge on any atom is 0.213 e. The van der Waals surface area contributed by atoms with Crippen molar-refractivity contribution in [3.63, 3.8) is 0 Å². The van der Waals surface area contributed by atoms with Crippen molar-refractivity contribution >= 4 is 49.7 Å². The van der Waals surface area contributed by atoms with Gasteiger partial charge >= 0.3 is 0 Å². The maximum absolute atomic E-state index is 14.0. The third-order valence-corrected chi connectivity index (χ3v) is 8.45. The Kier molecular flexibility index (Phi) is 5.39. The minimum atomic E-state index is -0.331. The Morgan fingerprint density at radius 3 is 2.21 bits per heavy atom. The van der Waals surface area contributed by atoms with Crippen LogP contribution >= 0.6 is 27.7 Å². The highest BCUT2D eigenvalue weighted by Gasteiger charge is 2.49. The second-order valence-corrected chi connectivity index (χ2v) is 10.6. The van der Waals surface area contributed by atoms with E-state index in [9.17, 15) is 9.59 Å². The van der Waals surface area contributed by atoms with Crippen molar-refractivity contribution in [2.75, 3.05) is 0 Å². The van der Waals surface area contributed by atoms with Crippen molar-refractivity contribution in [3.05, 3.63) is 130 Å². The molecule has 0 radical (unpaired) electrons. The van der Waals surface area contributed by atoms with Crippen LogP contribution in [-0.4, -0.2) is 27.8 Å². The number of carbonyl (C=O) groups excluding carboxylic acids is 2. The molecule has 166 valence electrons. The van der Waals surface area contributed by atoms with Gasteiger partial charge in [0.1, 0.15) is 5.70 Å². The molecule has 3 nitrogen and oxygen atoms in total. The van der Waals surface area contributed by atoms with Crippen molar-refractivity contribution in [2.45, 2.75) is 17.7 Å². The SMILES string of the molecule is O=C1C(c2ccccc2)=C2C=CC[C@H]3[C@H](C(=O)c4ccc(Br)cc4)SC(c4ccccc4)=C1N23. The number of rotatable bonds is 4. The van der Waals surface area contributed by atoms with Gasteiger partial charge in [-0.3, -0.25) is 9.59 Å². The molecule has 0 amide bonds. The zero-order chi connectivity index (χ0) is 23.2. The normalized spacial score (nSPS) is 21.2. The van der Waals surface area contributed by atoms with Gasteiger partial charge in [0, 0.05) is 14.9 Å². The molecule has 0 N–H and O–H groups in total. The Bertz CT molecular complexity index is 1390. The minimum absolute atomic E-state index is 0.0265. The average Bonchev–Trinajstić information content (AvgIpc) is 3.19. The van der Waals surface area contributed by atoms with Gasteiger partial charge in [-0.25, -0.2) is 0 Å². The highest BCUT2D eigenvalue weighted by atomic mass is 79.9. The van der Waals surface area contributed by atoms with E-state index >= 15 is 0 Å². The number of benzene rings is 3. The Balaban J connectivity index is 1.54. The van der Waals surface area contributed by atoms with Crippen LogP contribution in [0.3, 0.4) is 0 Å². The van der Waals surface area contributed by atoms with Crippen molar-refractivity contribution in [3.8, 4) is 0 Å². The summed E-state index contributed by atoms with van der Waals surface area (Å²) in [6, 6.07) is 27.2. The zero-order valence-electron chi connectivity index (χ0n) is 18.1. The lowest BCUT2D eigenvalue weighted by molar-refractivity contribution is -0.111. The molecule has 3 aliphatic heterocycles. The van der Waals surface area contributed by atoms with Crippen LogP contribution in [0.4, 0.5) is 0 Å². The summed E-state index contributed by atoms with van der Waals surface area (Å²) < 4.78 is 0.941. The molecule has 0 aromatic heterocycles. The smallest absolute Gasteiger partial charge is 0.213 e. The molecule has 0 aliphatic carbocycles. The number of carbonyl (C=O) groups is 2. The second-order valence-electron chi connectivity index (χ2n) is 8.48. The van der Waals surface area contributed by atoms with Crippen LogP contribution in [0.15, 0.2) is 113 Å². The molecular weight excluding hydrogens is 506 g/mol. The number of hydrogen-bond donors (Lipinski definition) is 0. The van der Waals surface area contributed by atoms with E-state index < -0.39 is 0 Å². The van der Waals surface area contributed by atoms with Crippen LogP contribution in [0.5, 0.6) is 0 Å². The summed E-state index contributed by atoms with van der Waals surface area (Å²) in [6.45, 7) is 0. The van der Waals surface area contributed by atoms with Crippen LogP contribution in [0.2, 0.25) is 0 Å². The van der Waals surface area contributed by atoms with Gasteiger partial charge in [-0.05, 0) is 35.8 Å². The minimum Gasteiger partial charge on any atom is -0.332 e. The molecule has 0 bridgehead atoms. The number of nitrogens with zero attached hydrogens (tertiary/aromatic N) is 1. The number of hydrogen-bond acceptors (Lipinski definition) is 4. The molecule has 34 heavy (non-hydrogen) atoms. The molecule has 0 fully saturated rings. The van der Waals surface area contributed by atoms with Crippen molar-refractivity contribution in [2.24, 2.45) is 0 Å². The number of Topliss-reactive ketones (excluding diaryl/α,β-unsaturated/α-hetero) is 2. The summed E-state index contributed by atoms with van der Waals surface area (Å²) in [5.74, 6) is 0.115. The van der Waals surface area contributed by atoms with Gasteiger partial charge in [-0.15, -0.1) is 11.8 Å². The molecule has 0 spiro atoms. The first-order valence-corrected chi connectivity index (χ1v) is 12.9. The Morgan fingerprint density at radius 1 is 0.882 bits per heavy atom. The topological polar surface area (TPSA) is 37.4 Å². The second kappa shape index (κ2) is 8.57. The molecule has 0 saturated heterocycles. The molecule has 3 aromatic carbocycles. The molecule has 3 heterocycles. The van der Waals surface area contributed by atoms with E-state index in [2.05, 4.69) is 26.9 Å². The molecule has 0 unspecified atom stereocenters. The molecule has 2 atom stereocenters. The molecule has 3 aromatic rings. The lowest BCUT2D eigenvalue weighted by Crippen LogP contribution is -2.47. The van der Waals surface area contributed by atoms with E-state index in [0.717, 1.165) is 26.2 Å². The van der Waals surface area contributed by atoms with E-state index in [1.54, 1.807) is 0 Å². The molecule has 0 saturated carbocycles. The van der Waals surface area contributed by atoms with Crippen LogP contribution in [0.1, 0.15) is 27.9 Å². The summed E-state index contributed by atoms with van der Waals surface area (Å²) in [5.41, 5.74) is 4.85. The molecule has 5 heteroatoms. The number of ketones is 2. The predicted octanol–water partition coefficient (Wildman–Crippen LogP) is 6.74.